The molecule has 0 saturated heterocycles. The maximum atomic E-state index is 13.0. The van der Waals surface area contributed by atoms with E-state index in [0.29, 0.717) is 11.5 Å². The number of fused-ring (bicyclic) bond motifs is 1. The number of ether oxygens (including phenoxy) is 1. The van der Waals surface area contributed by atoms with E-state index in [1.165, 1.54) is 13.2 Å². The molecule has 1 heterocycles. The molecule has 0 saturated carbocycles. The molecule has 3 aromatic rings. The number of rotatable bonds is 4. The van der Waals surface area contributed by atoms with Gasteiger partial charge in [0.15, 0.2) is 5.82 Å². The summed E-state index contributed by atoms with van der Waals surface area (Å²) >= 11 is 0. The molecule has 1 aliphatic rings. The lowest BCUT2D eigenvalue weighted by Crippen LogP contribution is -2.24. The monoisotopic (exact) mass is 357 g/mol. The first-order chi connectivity index (χ1) is 13.2. The van der Waals surface area contributed by atoms with Crippen molar-refractivity contribution in [2.75, 3.05) is 12.4 Å². The highest BCUT2D eigenvalue weighted by Crippen LogP contribution is 2.30. The Bertz CT molecular complexity index is 1060. The van der Waals surface area contributed by atoms with Crippen LogP contribution in [-0.4, -0.2) is 28.6 Å². The number of methoxy groups -OCH3 is 1. The fraction of sp³-hybridized carbons (Fsp3) is 0.0476. The van der Waals surface area contributed by atoms with E-state index in [9.17, 15) is 9.59 Å². The van der Waals surface area contributed by atoms with Gasteiger partial charge in [0.1, 0.15) is 11.3 Å². The van der Waals surface area contributed by atoms with Crippen molar-refractivity contribution in [2.45, 2.75) is 0 Å². The van der Waals surface area contributed by atoms with Crippen LogP contribution < -0.4 is 10.1 Å². The average molecular weight is 357 g/mol. The summed E-state index contributed by atoms with van der Waals surface area (Å²) in [6.45, 7) is 0. The molecule has 0 aliphatic heterocycles. The van der Waals surface area contributed by atoms with Crippen molar-refractivity contribution in [3.63, 3.8) is 0 Å². The van der Waals surface area contributed by atoms with Crippen LogP contribution in [0.1, 0.15) is 20.8 Å². The van der Waals surface area contributed by atoms with Crippen molar-refractivity contribution < 1.29 is 14.3 Å². The third-order valence-electron chi connectivity index (χ3n) is 4.13. The van der Waals surface area contributed by atoms with E-state index in [4.69, 9.17) is 4.74 Å². The van der Waals surface area contributed by atoms with Crippen LogP contribution in [0.5, 0.6) is 5.88 Å². The number of aromatic nitrogens is 2. The molecule has 0 fully saturated rings. The number of para-hydroxylation sites is 1. The maximum Gasteiger partial charge on any atom is 0.229 e. The van der Waals surface area contributed by atoms with Gasteiger partial charge in [0, 0.05) is 17.3 Å². The van der Waals surface area contributed by atoms with Gasteiger partial charge in [-0.2, -0.15) is 4.98 Å². The summed E-state index contributed by atoms with van der Waals surface area (Å²) in [4.78, 5) is 34.3. The number of allylic oxidation sites excluding steroid dienone is 2. The number of hydrogen-bond acceptors (Lipinski definition) is 6. The Morgan fingerprint density at radius 2 is 1.56 bits per heavy atom. The molecule has 1 aliphatic carbocycles. The number of hydrogen-bond donors (Lipinski definition) is 1. The third kappa shape index (κ3) is 3.08. The standard InChI is InChI=1S/C21H15N3O3/c1-27-21-17-18(23-20(24-21)13-8-4-2-5-9-13)16(25)12-15(19(17)26)22-14-10-6-3-7-11-14/h2-12,22H,1H3. The van der Waals surface area contributed by atoms with Gasteiger partial charge in [-0.05, 0) is 12.1 Å². The van der Waals surface area contributed by atoms with Gasteiger partial charge in [0.05, 0.1) is 12.8 Å². The number of benzene rings is 2. The van der Waals surface area contributed by atoms with Crippen LogP contribution in [-0.2, 0) is 0 Å². The quantitative estimate of drug-likeness (QED) is 0.769. The lowest BCUT2D eigenvalue weighted by atomic mass is 9.97. The van der Waals surface area contributed by atoms with Crippen LogP contribution in [0.15, 0.2) is 72.4 Å². The van der Waals surface area contributed by atoms with Gasteiger partial charge in [0.2, 0.25) is 17.4 Å². The van der Waals surface area contributed by atoms with Gasteiger partial charge in [-0.15, -0.1) is 0 Å². The SMILES string of the molecule is COc1nc(-c2ccccc2)nc2c1C(=O)C(Nc1ccccc1)=CC2=O. The summed E-state index contributed by atoms with van der Waals surface area (Å²) in [5.74, 6) is -0.344. The zero-order valence-electron chi connectivity index (χ0n) is 14.5. The van der Waals surface area contributed by atoms with Crippen LogP contribution in [0.3, 0.4) is 0 Å². The van der Waals surface area contributed by atoms with E-state index in [1.807, 2.05) is 48.5 Å². The van der Waals surface area contributed by atoms with E-state index < -0.39 is 0 Å². The lowest BCUT2D eigenvalue weighted by Gasteiger charge is -2.18. The molecule has 1 N–H and O–H groups in total. The molecule has 1 aromatic heterocycles. The Morgan fingerprint density at radius 3 is 2.22 bits per heavy atom. The predicted molar refractivity (Wildman–Crippen MR) is 101 cm³/mol. The van der Waals surface area contributed by atoms with Gasteiger partial charge in [-0.3, -0.25) is 9.59 Å². The second-order valence-corrected chi connectivity index (χ2v) is 5.89. The Balaban J connectivity index is 1.79. The molecular weight excluding hydrogens is 342 g/mol. The van der Waals surface area contributed by atoms with Crippen LogP contribution in [0.2, 0.25) is 0 Å². The van der Waals surface area contributed by atoms with E-state index in [2.05, 4.69) is 15.3 Å². The molecule has 0 unspecified atom stereocenters. The maximum absolute atomic E-state index is 13.0. The molecule has 4 rings (SSSR count). The van der Waals surface area contributed by atoms with Crippen LogP contribution in [0, 0.1) is 0 Å². The van der Waals surface area contributed by atoms with Crippen molar-refractivity contribution in [1.82, 2.24) is 9.97 Å². The second-order valence-electron chi connectivity index (χ2n) is 5.89. The molecule has 27 heavy (non-hydrogen) atoms. The summed E-state index contributed by atoms with van der Waals surface area (Å²) in [6.07, 6.45) is 1.26. The minimum Gasteiger partial charge on any atom is -0.480 e. The Labute approximate surface area is 155 Å². The normalized spacial score (nSPS) is 13.0. The van der Waals surface area contributed by atoms with Crippen molar-refractivity contribution in [3.8, 4) is 17.3 Å². The molecule has 0 atom stereocenters. The van der Waals surface area contributed by atoms with Crippen LogP contribution in [0.25, 0.3) is 11.4 Å². The molecule has 0 amide bonds. The molecule has 0 spiro atoms. The molecule has 6 heteroatoms. The molecule has 2 aromatic carbocycles. The van der Waals surface area contributed by atoms with E-state index in [0.717, 1.165) is 5.56 Å². The largest absolute Gasteiger partial charge is 0.480 e. The first-order valence-electron chi connectivity index (χ1n) is 8.31. The van der Waals surface area contributed by atoms with Crippen molar-refractivity contribution in [3.05, 3.63) is 83.7 Å². The smallest absolute Gasteiger partial charge is 0.229 e. The lowest BCUT2D eigenvalue weighted by molar-refractivity contribution is 0.0978. The minimum absolute atomic E-state index is 0.0457. The van der Waals surface area contributed by atoms with Gasteiger partial charge >= 0.3 is 0 Å². The Hall–Kier alpha value is -3.80. The first-order valence-corrected chi connectivity index (χ1v) is 8.31. The van der Waals surface area contributed by atoms with Crippen molar-refractivity contribution in [2.24, 2.45) is 0 Å². The van der Waals surface area contributed by atoms with Crippen LogP contribution in [0.4, 0.5) is 5.69 Å². The van der Waals surface area contributed by atoms with E-state index in [1.54, 1.807) is 12.1 Å². The second kappa shape index (κ2) is 6.84. The fourth-order valence-electron chi connectivity index (χ4n) is 2.86. The fourth-order valence-corrected chi connectivity index (χ4v) is 2.86. The molecule has 0 radical (unpaired) electrons. The summed E-state index contributed by atoms with van der Waals surface area (Å²) in [7, 11) is 1.41. The number of nitrogens with zero attached hydrogens (tertiary/aromatic N) is 2. The van der Waals surface area contributed by atoms with Crippen LogP contribution >= 0.6 is 0 Å². The number of ketones is 2. The highest BCUT2D eigenvalue weighted by molar-refractivity contribution is 6.25. The first kappa shape index (κ1) is 16.7. The highest BCUT2D eigenvalue weighted by atomic mass is 16.5. The molecule has 6 nitrogen and oxygen atoms in total. The van der Waals surface area contributed by atoms with E-state index >= 15 is 0 Å². The number of nitrogens with one attached hydrogen (secondary N) is 1. The van der Waals surface area contributed by atoms with Gasteiger partial charge in [-0.25, -0.2) is 4.98 Å². The number of Topliss-reactive ketones (excluding diaryl/α,β-unsaturated/α-hetero) is 1. The Kier molecular flexibility index (Phi) is 4.22. The molecule has 132 valence electrons. The average Bonchev–Trinajstić information content (AvgIpc) is 2.72. The van der Waals surface area contributed by atoms with E-state index in [-0.39, 0.29) is 34.4 Å². The number of carbonyl (C=O) groups is 2. The topological polar surface area (TPSA) is 81.2 Å². The third-order valence-corrected chi connectivity index (χ3v) is 4.13. The van der Waals surface area contributed by atoms with Crippen molar-refractivity contribution >= 4 is 17.3 Å². The zero-order valence-corrected chi connectivity index (χ0v) is 14.5. The minimum atomic E-state index is -0.384. The summed E-state index contributed by atoms with van der Waals surface area (Å²) < 4.78 is 5.31. The summed E-state index contributed by atoms with van der Waals surface area (Å²) in [5.41, 5.74) is 1.71. The Morgan fingerprint density at radius 1 is 0.889 bits per heavy atom. The highest BCUT2D eigenvalue weighted by Gasteiger charge is 2.32. The summed E-state index contributed by atoms with van der Waals surface area (Å²) in [6, 6.07) is 18.4. The van der Waals surface area contributed by atoms with Gasteiger partial charge < -0.3 is 10.1 Å². The van der Waals surface area contributed by atoms with Crippen molar-refractivity contribution in [1.29, 1.82) is 0 Å². The molecular formula is C21H15N3O3. The summed E-state index contributed by atoms with van der Waals surface area (Å²) in [5, 5.41) is 2.98. The number of carbonyl (C=O) groups excluding carboxylic acids is 2. The number of anilines is 1. The predicted octanol–water partition coefficient (Wildman–Crippen LogP) is 3.53. The van der Waals surface area contributed by atoms with Gasteiger partial charge in [0.25, 0.3) is 0 Å². The van der Waals surface area contributed by atoms with Gasteiger partial charge in [-0.1, -0.05) is 48.5 Å². The zero-order chi connectivity index (χ0) is 18.8. The molecule has 0 bridgehead atoms.